The maximum absolute atomic E-state index is 14.1. The number of carbonyl (C=O) groups excluding carboxylic acids is 1. The molecule has 1 amide bonds. The molecular weight excluding hydrogens is 506 g/mol. The van der Waals surface area contributed by atoms with Gasteiger partial charge in [-0.25, -0.2) is 0 Å². The lowest BCUT2D eigenvalue weighted by molar-refractivity contribution is -0.138. The molecule has 0 saturated carbocycles. The fraction of sp³-hybridized carbons (Fsp3) is 0.892. The highest BCUT2D eigenvalue weighted by Gasteiger charge is 2.27. The van der Waals surface area contributed by atoms with Gasteiger partial charge >= 0.3 is 5.97 Å². The van der Waals surface area contributed by atoms with Crippen LogP contribution < -0.4 is 0 Å². The van der Waals surface area contributed by atoms with Crippen molar-refractivity contribution >= 4 is 11.9 Å². The van der Waals surface area contributed by atoms with E-state index in [0.717, 1.165) is 38.8 Å². The number of nitrogens with zero attached hydrogens (tertiary/aromatic N) is 1. The summed E-state index contributed by atoms with van der Waals surface area (Å²) in [5.74, 6) is 0.0768. The van der Waals surface area contributed by atoms with Crippen LogP contribution in [0.2, 0.25) is 0 Å². The summed E-state index contributed by atoms with van der Waals surface area (Å²) in [6.45, 7) is 12.9. The van der Waals surface area contributed by atoms with E-state index < -0.39 is 5.97 Å². The van der Waals surface area contributed by atoms with E-state index in [4.69, 9.17) is 0 Å². The number of hydrogen-bond acceptors (Lipinski definition) is 2. The van der Waals surface area contributed by atoms with Crippen molar-refractivity contribution in [3.05, 3.63) is 12.2 Å². The first-order valence-corrected chi connectivity index (χ1v) is 18.1. The predicted molar refractivity (Wildman–Crippen MR) is 178 cm³/mol. The quantitative estimate of drug-likeness (QED) is 0.0682. The van der Waals surface area contributed by atoms with Gasteiger partial charge in [-0.1, -0.05) is 156 Å². The molecule has 3 unspecified atom stereocenters. The highest BCUT2D eigenvalue weighted by molar-refractivity contribution is 5.81. The highest BCUT2D eigenvalue weighted by Crippen LogP contribution is 2.23. The van der Waals surface area contributed by atoms with Crippen molar-refractivity contribution in [1.29, 1.82) is 0 Å². The van der Waals surface area contributed by atoms with E-state index in [1.807, 2.05) is 0 Å². The smallest absolute Gasteiger partial charge is 0.303 e. The summed E-state index contributed by atoms with van der Waals surface area (Å²) in [6.07, 6.45) is 30.7. The number of rotatable bonds is 30. The van der Waals surface area contributed by atoms with Crippen LogP contribution >= 0.6 is 0 Å². The predicted octanol–water partition coefficient (Wildman–Crippen LogP) is 11.4. The third-order valence-corrected chi connectivity index (χ3v) is 8.93. The number of allylic oxidation sites excluding steroid dienone is 1. The zero-order chi connectivity index (χ0) is 30.6. The minimum absolute atomic E-state index is 0.0504. The van der Waals surface area contributed by atoms with Crippen molar-refractivity contribution < 1.29 is 14.7 Å². The topological polar surface area (TPSA) is 57.6 Å². The largest absolute Gasteiger partial charge is 0.481 e. The van der Waals surface area contributed by atoms with Gasteiger partial charge in [-0.15, -0.1) is 0 Å². The molecule has 0 heterocycles. The van der Waals surface area contributed by atoms with E-state index in [1.54, 1.807) is 0 Å². The van der Waals surface area contributed by atoms with E-state index in [1.165, 1.54) is 109 Å². The lowest BCUT2D eigenvalue weighted by Crippen LogP contribution is -2.42. The molecule has 0 aromatic carbocycles. The Hall–Kier alpha value is -1.32. The Bertz CT molecular complexity index is 610. The van der Waals surface area contributed by atoms with E-state index in [9.17, 15) is 14.7 Å². The first-order valence-electron chi connectivity index (χ1n) is 18.1. The van der Waals surface area contributed by atoms with Crippen LogP contribution in [-0.4, -0.2) is 35.0 Å². The fourth-order valence-corrected chi connectivity index (χ4v) is 5.92. The first kappa shape index (κ1) is 39.7. The Balaban J connectivity index is 5.38. The molecule has 0 aliphatic rings. The van der Waals surface area contributed by atoms with Crippen molar-refractivity contribution in [3.63, 3.8) is 0 Å². The lowest BCUT2D eigenvalue weighted by Gasteiger charge is -2.33. The molecule has 0 aliphatic heterocycles. The van der Waals surface area contributed by atoms with Crippen LogP contribution in [0.1, 0.15) is 182 Å². The SMILES string of the molecule is CCCCCCCCCC/C=C\C(CCC(=O)O)C(=O)N(CC(CC)CCCCCC)CC(CC)CCCCCC. The van der Waals surface area contributed by atoms with Gasteiger partial charge in [-0.3, -0.25) is 9.59 Å². The Morgan fingerprint density at radius 2 is 1.05 bits per heavy atom. The maximum Gasteiger partial charge on any atom is 0.303 e. The van der Waals surface area contributed by atoms with Gasteiger partial charge in [0.1, 0.15) is 0 Å². The summed E-state index contributed by atoms with van der Waals surface area (Å²) in [5, 5.41) is 9.43. The Labute approximate surface area is 256 Å². The molecule has 0 spiro atoms. The van der Waals surface area contributed by atoms with E-state index in [2.05, 4.69) is 51.7 Å². The van der Waals surface area contributed by atoms with E-state index in [-0.39, 0.29) is 18.2 Å². The van der Waals surface area contributed by atoms with Crippen molar-refractivity contribution in [2.45, 2.75) is 182 Å². The molecule has 0 aliphatic carbocycles. The molecular formula is C37H71NO3. The maximum atomic E-state index is 14.1. The lowest BCUT2D eigenvalue weighted by atomic mass is 9.92. The van der Waals surface area contributed by atoms with Gasteiger partial charge in [0, 0.05) is 19.5 Å². The molecule has 0 fully saturated rings. The molecule has 0 radical (unpaired) electrons. The second-order valence-corrected chi connectivity index (χ2v) is 12.7. The summed E-state index contributed by atoms with van der Waals surface area (Å²) >= 11 is 0. The molecule has 0 bridgehead atoms. The molecule has 0 rings (SSSR count). The normalized spacial score (nSPS) is 13.9. The molecule has 4 nitrogen and oxygen atoms in total. The third kappa shape index (κ3) is 22.9. The van der Waals surface area contributed by atoms with Crippen LogP contribution in [0.3, 0.4) is 0 Å². The number of unbranched alkanes of at least 4 members (excludes halogenated alkanes) is 14. The fourth-order valence-electron chi connectivity index (χ4n) is 5.92. The van der Waals surface area contributed by atoms with Gasteiger partial charge in [0.05, 0.1) is 5.92 Å². The van der Waals surface area contributed by atoms with Crippen molar-refractivity contribution in [1.82, 2.24) is 4.90 Å². The van der Waals surface area contributed by atoms with Crippen LogP contribution in [0.15, 0.2) is 12.2 Å². The van der Waals surface area contributed by atoms with Crippen LogP contribution in [-0.2, 0) is 9.59 Å². The second-order valence-electron chi connectivity index (χ2n) is 12.7. The minimum Gasteiger partial charge on any atom is -0.481 e. The number of carbonyl (C=O) groups is 2. The van der Waals surface area contributed by atoms with Crippen LogP contribution in [0, 0.1) is 17.8 Å². The molecule has 242 valence electrons. The second kappa shape index (κ2) is 28.8. The molecule has 4 heteroatoms. The van der Waals surface area contributed by atoms with Gasteiger partial charge in [0.25, 0.3) is 0 Å². The zero-order valence-corrected chi connectivity index (χ0v) is 28.3. The highest BCUT2D eigenvalue weighted by atomic mass is 16.4. The third-order valence-electron chi connectivity index (χ3n) is 8.93. The van der Waals surface area contributed by atoms with Crippen LogP contribution in [0.25, 0.3) is 0 Å². The van der Waals surface area contributed by atoms with E-state index >= 15 is 0 Å². The average Bonchev–Trinajstić information content (AvgIpc) is 2.97. The number of carboxylic acids is 1. The van der Waals surface area contributed by atoms with Crippen LogP contribution in [0.4, 0.5) is 0 Å². The molecule has 41 heavy (non-hydrogen) atoms. The number of amides is 1. The van der Waals surface area contributed by atoms with Gasteiger partial charge in [0.15, 0.2) is 0 Å². The van der Waals surface area contributed by atoms with Gasteiger partial charge in [-0.2, -0.15) is 0 Å². The van der Waals surface area contributed by atoms with Gasteiger partial charge in [0.2, 0.25) is 5.91 Å². The average molecular weight is 578 g/mol. The van der Waals surface area contributed by atoms with Gasteiger partial charge < -0.3 is 10.0 Å². The minimum atomic E-state index is -0.810. The molecule has 3 atom stereocenters. The summed E-state index contributed by atoms with van der Waals surface area (Å²) in [7, 11) is 0. The monoisotopic (exact) mass is 578 g/mol. The summed E-state index contributed by atoms with van der Waals surface area (Å²) in [6, 6.07) is 0. The zero-order valence-electron chi connectivity index (χ0n) is 28.3. The first-order chi connectivity index (χ1) is 19.9. The van der Waals surface area contributed by atoms with E-state index in [0.29, 0.717) is 18.3 Å². The van der Waals surface area contributed by atoms with Crippen molar-refractivity contribution in [3.8, 4) is 0 Å². The molecule has 0 aromatic rings. The Morgan fingerprint density at radius 1 is 0.610 bits per heavy atom. The summed E-state index contributed by atoms with van der Waals surface area (Å²) in [4.78, 5) is 27.7. The summed E-state index contributed by atoms with van der Waals surface area (Å²) in [5.41, 5.74) is 0. The van der Waals surface area contributed by atoms with Crippen molar-refractivity contribution in [2.24, 2.45) is 17.8 Å². The molecule has 0 saturated heterocycles. The molecule has 1 N–H and O–H groups in total. The van der Waals surface area contributed by atoms with Crippen molar-refractivity contribution in [2.75, 3.05) is 13.1 Å². The van der Waals surface area contributed by atoms with Crippen LogP contribution in [0.5, 0.6) is 0 Å². The number of aliphatic carboxylic acids is 1. The Morgan fingerprint density at radius 3 is 1.49 bits per heavy atom. The number of hydrogen-bond donors (Lipinski definition) is 1. The standard InChI is InChI=1S/C37H71NO3/c1-6-11-14-17-18-19-20-21-22-25-28-35(29-30-36(39)40)37(41)38(31-33(9-4)26-23-15-12-7-2)32-34(10-5)27-24-16-13-8-3/h25,28,33-35H,6-24,26-27,29-32H2,1-5H3,(H,39,40)/b28-25-. The van der Waals surface area contributed by atoms with Gasteiger partial charge in [-0.05, 0) is 43.9 Å². The molecule has 0 aromatic heterocycles. The number of carboxylic acid groups (broad SMARTS) is 1. The Kier molecular flexibility index (Phi) is 27.9. The summed E-state index contributed by atoms with van der Waals surface area (Å²) < 4.78 is 0.